The second-order valence-electron chi connectivity index (χ2n) is 40.6. The van der Waals surface area contributed by atoms with Gasteiger partial charge in [-0.2, -0.15) is 0 Å². The van der Waals surface area contributed by atoms with Gasteiger partial charge in [-0.25, -0.2) is 0 Å². The molecule has 0 fully saturated rings. The van der Waals surface area contributed by atoms with Crippen LogP contribution in [0.25, 0.3) is 0 Å². The van der Waals surface area contributed by atoms with Gasteiger partial charge < -0.3 is 80.5 Å². The zero-order valence-electron chi connectivity index (χ0n) is 92.4. The average Bonchev–Trinajstić information content (AvgIpc) is 0.794. The number of hydrogen-bond acceptors (Lipinski definition) is 20. The van der Waals surface area contributed by atoms with Crippen molar-refractivity contribution in [1.82, 2.24) is 0 Å². The summed E-state index contributed by atoms with van der Waals surface area (Å²) in [6, 6.07) is 5.70. The second-order valence-corrected chi connectivity index (χ2v) is 49.7. The van der Waals surface area contributed by atoms with E-state index >= 15 is 0 Å². The number of hydrogen-bond donors (Lipinski definition) is 0. The normalized spacial score (nSPS) is 11.2. The Morgan fingerprint density at radius 3 is 0.469 bits per heavy atom. The first-order chi connectivity index (χ1) is 54.2. The maximum atomic E-state index is 10.1. The number of alkyl halides is 1. The number of rotatable bonds is 28. The second kappa shape index (κ2) is 102. The van der Waals surface area contributed by atoms with E-state index < -0.39 is 41.1 Å². The Morgan fingerprint density at radius 2 is 0.383 bits per heavy atom. The van der Waals surface area contributed by atoms with Crippen LogP contribution in [0.4, 0.5) is 5.69 Å². The van der Waals surface area contributed by atoms with Gasteiger partial charge in [0, 0.05) is 175 Å². The monoisotopic (exact) mass is 2230 g/mol. The summed E-state index contributed by atoms with van der Waals surface area (Å²) in [5, 5.41) is 10.6. The molecule has 0 saturated heterocycles. The van der Waals surface area contributed by atoms with E-state index in [2.05, 4.69) is 233 Å². The molecule has 0 aliphatic rings. The Labute approximate surface area is 864 Å². The van der Waals surface area contributed by atoms with Crippen molar-refractivity contribution in [3.05, 3.63) is 39.4 Å². The number of non-ortho nitro benzene ring substituents is 1. The first-order valence-electron chi connectivity index (χ1n) is 44.1. The van der Waals surface area contributed by atoms with E-state index in [1.807, 2.05) is 173 Å². The van der Waals surface area contributed by atoms with E-state index in [0.29, 0.717) is 48.3 Å². The minimum atomic E-state index is -3.59. The molecule has 1 aromatic rings. The molecule has 0 spiro atoms. The van der Waals surface area contributed by atoms with E-state index in [4.69, 9.17) is 92.1 Å². The van der Waals surface area contributed by atoms with Crippen molar-refractivity contribution in [2.75, 3.05) is 27.7 Å². The molecular formula is C97H224Cl3Mo3NO20Si4. The standard InChI is InChI=1S/C16H38O7Si2.2C10H24O4Si.C6H4ClNO2.8C6H14.CH3Cl.3CH2O.3CH4.ClH.3Mo/c1-12(2)18-24(17-11,19-13(3)4)23-25(20-14(5)6,21-15(7)8)22-16(9)10;2*1-8(2)12-15(11-7,13-9(3)4)14-10(5)6;7-5-1-3-6(4-2-5)8(9)10;8*1-5-6(2,3)4;4*1-2;;;;;;;/h12-16H,1-11H3;2*8-10H,1-7H3;1-4H;8*5H2,1-4H3;1H3;3*1H2;3*1H4;1H;;;. The molecule has 0 heterocycles. The molecule has 0 aliphatic carbocycles. The molecule has 21 nitrogen and oxygen atoms in total. The fourth-order valence-corrected chi connectivity index (χ4v) is 15.0. The molecule has 0 aromatic heterocycles. The molecule has 792 valence electrons. The van der Waals surface area contributed by atoms with Crippen LogP contribution in [0.3, 0.4) is 0 Å². The predicted octanol–water partition coefficient (Wildman–Crippen LogP) is 32.7. The topological polar surface area (TPSA) is 233 Å². The zero-order chi connectivity index (χ0) is 101. The third-order valence-electron chi connectivity index (χ3n) is 14.7. The molecule has 0 saturated carbocycles. The third kappa shape index (κ3) is 170. The van der Waals surface area contributed by atoms with Gasteiger partial charge in [-0.1, -0.05) is 307 Å². The van der Waals surface area contributed by atoms with Gasteiger partial charge in [0.1, 0.15) is 20.4 Å². The van der Waals surface area contributed by atoms with Crippen LogP contribution >= 0.6 is 35.6 Å². The van der Waals surface area contributed by atoms with E-state index in [1.165, 1.54) is 89.1 Å². The fraction of sp³-hybridized carbons (Fsp3) is 0.907. The molecule has 128 heavy (non-hydrogen) atoms. The Hall–Kier alpha value is 0.832. The number of nitrogens with zero attached hydrogens (tertiary/aromatic N) is 1. The van der Waals surface area contributed by atoms with Crippen molar-refractivity contribution in [2.45, 2.75) is 515 Å². The number of nitro groups is 1. The van der Waals surface area contributed by atoms with Crippen LogP contribution in [0.15, 0.2) is 24.3 Å². The minimum Gasteiger partial charge on any atom is -0.355 e. The number of carbonyl (C=O) groups excluding carboxylic acids is 3. The van der Waals surface area contributed by atoms with Crippen molar-refractivity contribution < 1.29 is 149 Å². The van der Waals surface area contributed by atoms with Crippen molar-refractivity contribution in [3.8, 4) is 0 Å². The SMILES string of the molecule is C.C.C.C=O.C=O.C=O.CCC(C)(C)C.CCC(C)(C)C.CCC(C)(C)C.CCC(C)(C)C.CCC(C)(C)C.CCC(C)(C)C.CCC(C)(C)C.CCC(C)(C)C.CCl.CO[Si](OC(C)C)(OC(C)C)OC(C)C.CO[Si](OC(C)C)(OC(C)C)OC(C)C.CO[Si](OC(C)C)(OC(C)C)O[Si](OC(C)C)(OC(C)C)OC(C)C.Cl.O=[N+]([O-])c1ccc(Cl)cc1.[Mo].[Mo].[Mo]. The van der Waals surface area contributed by atoms with Crippen molar-refractivity contribution in [3.63, 3.8) is 0 Å². The van der Waals surface area contributed by atoms with Gasteiger partial charge >= 0.3 is 36.2 Å². The average molecular weight is 2230 g/mol. The zero-order valence-corrected chi connectivity index (χ0v) is 105. The maximum Gasteiger partial charge on any atom is 0.680 e. The third-order valence-corrected chi connectivity index (χ3v) is 26.8. The van der Waals surface area contributed by atoms with Gasteiger partial charge in [0.25, 0.3) is 5.69 Å². The van der Waals surface area contributed by atoms with Crippen LogP contribution in [0.5, 0.6) is 0 Å². The van der Waals surface area contributed by atoms with Crippen molar-refractivity contribution in [2.24, 2.45) is 43.3 Å². The fourth-order valence-electron chi connectivity index (χ4n) is 4.72. The van der Waals surface area contributed by atoms with Crippen LogP contribution in [-0.4, -0.2) is 156 Å². The van der Waals surface area contributed by atoms with Crippen LogP contribution in [0, 0.1) is 53.4 Å². The summed E-state index contributed by atoms with van der Waals surface area (Å²) in [6.45, 7) is 120. The van der Waals surface area contributed by atoms with Crippen molar-refractivity contribution >= 4 is 97.9 Å². The Balaban J connectivity index is -0.0000000490. The molecule has 1 aromatic carbocycles. The first-order valence-corrected chi connectivity index (χ1v) is 51.8. The molecule has 31 heteroatoms. The predicted molar refractivity (Wildman–Crippen MR) is 560 cm³/mol. The van der Waals surface area contributed by atoms with Crippen LogP contribution in [0.1, 0.15) is 448 Å². The van der Waals surface area contributed by atoms with Gasteiger partial charge in [-0.05, 0) is 208 Å². The molecule has 0 aliphatic heterocycles. The largest absolute Gasteiger partial charge is 0.680 e. The van der Waals surface area contributed by atoms with Crippen molar-refractivity contribution in [1.29, 1.82) is 0 Å². The Bertz CT molecular complexity index is 2030. The van der Waals surface area contributed by atoms with Crippen LogP contribution in [-0.2, 0) is 144 Å². The molecule has 0 amide bonds. The van der Waals surface area contributed by atoms with Crippen LogP contribution < -0.4 is 0 Å². The summed E-state index contributed by atoms with van der Waals surface area (Å²) in [7, 11) is -8.40. The van der Waals surface area contributed by atoms with Crippen LogP contribution in [0.2, 0.25) is 5.02 Å². The molecule has 0 bridgehead atoms. The molecule has 0 radical (unpaired) electrons. The first kappa shape index (κ1) is 184. The summed E-state index contributed by atoms with van der Waals surface area (Å²) in [4.78, 5) is 33.6. The molecule has 0 atom stereocenters. The summed E-state index contributed by atoms with van der Waals surface area (Å²) in [6.07, 6.45) is 11.0. The van der Waals surface area contributed by atoms with Gasteiger partial charge in [0.05, 0.1) is 4.92 Å². The number of benzene rings is 1. The summed E-state index contributed by atoms with van der Waals surface area (Å²) >= 11 is 10.1. The molecule has 0 unspecified atom stereocenters. The Morgan fingerprint density at radius 1 is 0.281 bits per heavy atom. The summed E-state index contributed by atoms with van der Waals surface area (Å²) in [5.74, 6) is 0. The van der Waals surface area contributed by atoms with E-state index in [9.17, 15) is 10.1 Å². The number of halogens is 3. The maximum absolute atomic E-state index is 10.1. The molecular weight excluding hydrogens is 2010 g/mol. The number of nitro benzene ring substituents is 1. The van der Waals surface area contributed by atoms with Gasteiger partial charge in [-0.15, -0.1) is 24.0 Å². The van der Waals surface area contributed by atoms with Gasteiger partial charge in [0.15, 0.2) is 0 Å². The quantitative estimate of drug-likeness (QED) is 0.0328. The van der Waals surface area contributed by atoms with Gasteiger partial charge in [0.2, 0.25) is 0 Å². The molecule has 1 rings (SSSR count). The minimum absolute atomic E-state index is 0. The molecule has 0 N–H and O–H groups in total. The summed E-state index contributed by atoms with van der Waals surface area (Å²) in [5.41, 5.74) is 4.39. The van der Waals surface area contributed by atoms with E-state index in [0.717, 1.165) is 0 Å². The van der Waals surface area contributed by atoms with Gasteiger partial charge in [-0.3, -0.25) is 10.1 Å². The van der Waals surface area contributed by atoms with E-state index in [1.54, 1.807) is 14.2 Å². The number of carbonyl (C=O) groups is 3. The summed E-state index contributed by atoms with van der Waals surface area (Å²) < 4.78 is 86.7. The van der Waals surface area contributed by atoms with E-state index in [-0.39, 0.29) is 171 Å². The Kier molecular flexibility index (Phi) is 147. The smallest absolute Gasteiger partial charge is 0.355 e.